The Kier molecular flexibility index (Phi) is 6.10. The first kappa shape index (κ1) is 19.6. The monoisotopic (exact) mass is 419 g/mol. The number of aromatic hydroxyl groups is 2. The summed E-state index contributed by atoms with van der Waals surface area (Å²) >= 11 is -5.15. The molecule has 0 aromatic heterocycles. The number of benzene rings is 3. The molecule has 3 aromatic rings. The molecule has 0 spiro atoms. The van der Waals surface area contributed by atoms with Crippen molar-refractivity contribution in [2.45, 2.75) is 6.92 Å². The summed E-state index contributed by atoms with van der Waals surface area (Å²) in [5.74, 6) is -0.482. The third kappa shape index (κ3) is 5.13. The Morgan fingerprint density at radius 3 is 2.19 bits per heavy atom. The molecule has 0 unspecified atom stereocenters. The number of fused-ring (bicyclic) bond motifs is 1. The number of phenols is 2. The molecule has 0 saturated heterocycles. The Balaban J connectivity index is 0.000000195. The summed E-state index contributed by atoms with van der Waals surface area (Å²) in [7, 11) is 0. The molecule has 0 fully saturated rings. The van der Waals surface area contributed by atoms with E-state index in [2.05, 4.69) is 5.32 Å². The van der Waals surface area contributed by atoms with Crippen molar-refractivity contribution in [1.29, 1.82) is 0 Å². The first-order valence-corrected chi connectivity index (χ1v) is 10.9. The summed E-state index contributed by atoms with van der Waals surface area (Å²) in [5, 5.41) is 22.9. The van der Waals surface area contributed by atoms with Crippen LogP contribution in [0.3, 0.4) is 0 Å². The predicted octanol–water partition coefficient (Wildman–Crippen LogP) is 1.46. The molecule has 0 aliphatic rings. The van der Waals surface area contributed by atoms with Gasteiger partial charge >= 0.3 is 88.1 Å². The number of anilines is 1. The van der Waals surface area contributed by atoms with Crippen molar-refractivity contribution in [2.75, 3.05) is 5.32 Å². The molecule has 5 N–H and O–H groups in total. The third-order valence-corrected chi connectivity index (χ3v) is 5.44. The fourth-order valence-electron chi connectivity index (χ4n) is 2.25. The molecule has 0 heterocycles. The molecule has 0 aliphatic heterocycles. The number of carbonyl (C=O) groups excluding carboxylic acids is 1. The van der Waals surface area contributed by atoms with E-state index in [1.807, 2.05) is 36.4 Å². The SMILES string of the molecule is CC(=O)Nc1ccc(O)c([As](=O)(O)O)c1.Oc1cccc2ccccc12. The largest absolute Gasteiger partial charge is 0.507 e. The van der Waals surface area contributed by atoms with Gasteiger partial charge in [0.25, 0.3) is 0 Å². The zero-order valence-corrected chi connectivity index (χ0v) is 15.7. The summed E-state index contributed by atoms with van der Waals surface area (Å²) in [6.45, 7) is 1.27. The van der Waals surface area contributed by atoms with Crippen molar-refractivity contribution in [3.63, 3.8) is 0 Å². The van der Waals surface area contributed by atoms with Crippen LogP contribution in [-0.2, 0) is 8.53 Å². The minimum Gasteiger partial charge on any atom is -0.507 e. The van der Waals surface area contributed by atoms with E-state index in [1.54, 1.807) is 6.07 Å². The van der Waals surface area contributed by atoms with Crippen LogP contribution in [0, 0.1) is 0 Å². The number of hydrogen-bond acceptors (Lipinski definition) is 4. The van der Waals surface area contributed by atoms with Crippen LogP contribution in [0.4, 0.5) is 5.69 Å². The van der Waals surface area contributed by atoms with E-state index >= 15 is 0 Å². The summed E-state index contributed by atoms with van der Waals surface area (Å²) < 4.78 is 28.4. The molecule has 0 saturated carbocycles. The predicted molar refractivity (Wildman–Crippen MR) is 98.5 cm³/mol. The van der Waals surface area contributed by atoms with Crippen molar-refractivity contribution in [2.24, 2.45) is 0 Å². The fraction of sp³-hybridized carbons (Fsp3) is 0.0556. The zero-order chi connectivity index (χ0) is 19.3. The van der Waals surface area contributed by atoms with Crippen molar-refractivity contribution in [3.8, 4) is 11.5 Å². The van der Waals surface area contributed by atoms with E-state index in [0.717, 1.165) is 22.9 Å². The first-order valence-electron chi connectivity index (χ1n) is 7.52. The maximum Gasteiger partial charge on any atom is 0.123 e. The van der Waals surface area contributed by atoms with E-state index in [-0.39, 0.29) is 11.6 Å². The molecule has 0 radical (unpaired) electrons. The van der Waals surface area contributed by atoms with Crippen LogP contribution in [0.1, 0.15) is 6.92 Å². The topological polar surface area (TPSA) is 127 Å². The van der Waals surface area contributed by atoms with E-state index in [0.29, 0.717) is 5.75 Å². The standard InChI is InChI=1S/C10H8O.C8H10AsNO5/c11-10-7-3-5-8-4-1-2-6-9(8)10;1-5(11)10-6-2-3-8(12)7(4-6)9(13,14)15/h1-7,11H;2-4,12H,1H3,(H,10,11)(H2,13,14,15). The van der Waals surface area contributed by atoms with Crippen LogP contribution >= 0.6 is 0 Å². The Morgan fingerprint density at radius 2 is 1.58 bits per heavy atom. The van der Waals surface area contributed by atoms with Crippen LogP contribution < -0.4 is 9.67 Å². The van der Waals surface area contributed by atoms with Crippen LogP contribution in [0.15, 0.2) is 60.7 Å². The van der Waals surface area contributed by atoms with Gasteiger partial charge in [-0.1, -0.05) is 36.4 Å². The number of rotatable bonds is 2. The summed E-state index contributed by atoms with van der Waals surface area (Å²) in [6.07, 6.45) is 0. The van der Waals surface area contributed by atoms with Crippen LogP contribution in [-0.4, -0.2) is 38.5 Å². The molecule has 7 nitrogen and oxygen atoms in total. The molecule has 0 bridgehead atoms. The average molecular weight is 419 g/mol. The van der Waals surface area contributed by atoms with Crippen molar-refractivity contribution >= 4 is 40.9 Å². The van der Waals surface area contributed by atoms with Gasteiger partial charge in [0.1, 0.15) is 5.75 Å². The smallest absolute Gasteiger partial charge is 0.123 e. The van der Waals surface area contributed by atoms with Gasteiger partial charge in [0.15, 0.2) is 0 Å². The molecular formula is C18H18AsNO6. The van der Waals surface area contributed by atoms with E-state index in [1.165, 1.54) is 13.0 Å². The molecular weight excluding hydrogens is 401 g/mol. The van der Waals surface area contributed by atoms with Gasteiger partial charge in [0.2, 0.25) is 0 Å². The van der Waals surface area contributed by atoms with Gasteiger partial charge in [-0.15, -0.1) is 0 Å². The molecule has 0 atom stereocenters. The van der Waals surface area contributed by atoms with Gasteiger partial charge in [0.05, 0.1) is 0 Å². The minimum atomic E-state index is -5.15. The Bertz CT molecular complexity index is 977. The Morgan fingerprint density at radius 1 is 0.923 bits per heavy atom. The maximum absolute atomic E-state index is 11.0. The van der Waals surface area contributed by atoms with Crippen molar-refractivity contribution in [3.05, 3.63) is 60.7 Å². The van der Waals surface area contributed by atoms with Crippen LogP contribution in [0.25, 0.3) is 10.8 Å². The van der Waals surface area contributed by atoms with Crippen LogP contribution in [0.2, 0.25) is 0 Å². The molecule has 0 aliphatic carbocycles. The van der Waals surface area contributed by atoms with Gasteiger partial charge in [-0.2, -0.15) is 0 Å². The number of carbonyl (C=O) groups is 1. The average Bonchev–Trinajstić information content (AvgIpc) is 2.56. The summed E-state index contributed by atoms with van der Waals surface area (Å²) in [5.41, 5.74) is 0.236. The van der Waals surface area contributed by atoms with Gasteiger partial charge in [0, 0.05) is 5.39 Å². The summed E-state index contributed by atoms with van der Waals surface area (Å²) in [6, 6.07) is 16.8. The van der Waals surface area contributed by atoms with Gasteiger partial charge < -0.3 is 5.11 Å². The normalized spacial score (nSPS) is 10.7. The van der Waals surface area contributed by atoms with Crippen molar-refractivity contribution in [1.82, 2.24) is 0 Å². The number of amides is 1. The van der Waals surface area contributed by atoms with Crippen molar-refractivity contribution < 1.29 is 26.9 Å². The Labute approximate surface area is 152 Å². The van der Waals surface area contributed by atoms with E-state index < -0.39 is 24.3 Å². The molecule has 26 heavy (non-hydrogen) atoms. The third-order valence-electron chi connectivity index (χ3n) is 3.38. The second-order valence-electron chi connectivity index (χ2n) is 5.43. The van der Waals surface area contributed by atoms with Gasteiger partial charge in [-0.25, -0.2) is 0 Å². The quantitative estimate of drug-likeness (QED) is 0.316. The van der Waals surface area contributed by atoms with Gasteiger partial charge in [-0.05, 0) is 11.5 Å². The Hall–Kier alpha value is -2.73. The molecule has 8 heteroatoms. The number of hydrogen-bond donors (Lipinski definition) is 5. The molecule has 3 aromatic carbocycles. The maximum atomic E-state index is 11.0. The first-order chi connectivity index (χ1) is 12.2. The summed E-state index contributed by atoms with van der Waals surface area (Å²) in [4.78, 5) is 10.7. The van der Waals surface area contributed by atoms with E-state index in [4.69, 9.17) is 8.19 Å². The van der Waals surface area contributed by atoms with Gasteiger partial charge in [-0.3, -0.25) is 0 Å². The molecule has 1 amide bonds. The van der Waals surface area contributed by atoms with Crippen LogP contribution in [0.5, 0.6) is 11.5 Å². The number of nitrogens with one attached hydrogen (secondary N) is 1. The minimum absolute atomic E-state index is 0.236. The number of phenolic OH excluding ortho intramolecular Hbond substituents is 2. The second kappa shape index (κ2) is 8.10. The zero-order valence-electron chi connectivity index (χ0n) is 13.8. The molecule has 136 valence electrons. The van der Waals surface area contributed by atoms with E-state index in [9.17, 15) is 18.7 Å². The second-order valence-corrected chi connectivity index (χ2v) is 8.72. The fourth-order valence-corrected chi connectivity index (χ4v) is 3.67. The molecule has 3 rings (SSSR count).